The van der Waals surface area contributed by atoms with Crippen LogP contribution in [0, 0.1) is 5.82 Å². The second kappa shape index (κ2) is 6.19. The van der Waals surface area contributed by atoms with E-state index in [1.165, 1.54) is 6.07 Å². The van der Waals surface area contributed by atoms with Crippen molar-refractivity contribution in [3.8, 4) is 0 Å². The topological polar surface area (TPSA) is 12.0 Å². The quantitative estimate of drug-likeness (QED) is 0.876. The van der Waals surface area contributed by atoms with Crippen molar-refractivity contribution in [3.63, 3.8) is 0 Å². The Morgan fingerprint density at radius 3 is 2.44 bits per heavy atom. The summed E-state index contributed by atoms with van der Waals surface area (Å²) in [4.78, 5) is 0. The zero-order valence-electron chi connectivity index (χ0n) is 9.59. The van der Waals surface area contributed by atoms with Gasteiger partial charge in [-0.05, 0) is 29.8 Å². The number of rotatable bonds is 4. The van der Waals surface area contributed by atoms with Gasteiger partial charge in [0.25, 0.3) is 0 Å². The minimum absolute atomic E-state index is 0.206. The molecule has 0 aliphatic carbocycles. The number of halogens is 3. The van der Waals surface area contributed by atoms with Gasteiger partial charge in [-0.2, -0.15) is 0 Å². The third-order valence-corrected chi connectivity index (χ3v) is 3.20. The lowest BCUT2D eigenvalue weighted by molar-refractivity contribution is 0.588. The number of hydrogen-bond acceptors (Lipinski definition) is 1. The van der Waals surface area contributed by atoms with Crippen molar-refractivity contribution in [2.24, 2.45) is 0 Å². The summed E-state index contributed by atoms with van der Waals surface area (Å²) in [6.45, 7) is 1.00. The predicted molar refractivity (Wildman–Crippen MR) is 73.4 cm³/mol. The van der Waals surface area contributed by atoms with Gasteiger partial charge >= 0.3 is 0 Å². The van der Waals surface area contributed by atoms with Gasteiger partial charge in [-0.1, -0.05) is 41.4 Å². The average molecular weight is 284 g/mol. The fraction of sp³-hybridized carbons (Fsp3) is 0.143. The maximum absolute atomic E-state index is 13.4. The lowest BCUT2D eigenvalue weighted by Crippen LogP contribution is -2.14. The van der Waals surface area contributed by atoms with Crippen LogP contribution in [0.2, 0.25) is 10.0 Å². The Balaban J connectivity index is 1.96. The van der Waals surface area contributed by atoms with E-state index in [2.05, 4.69) is 5.32 Å². The fourth-order valence-corrected chi connectivity index (χ4v) is 2.03. The molecule has 0 unspecified atom stereocenters. The molecule has 0 fully saturated rings. The summed E-state index contributed by atoms with van der Waals surface area (Å²) in [6.07, 6.45) is 0. The Bertz CT molecular complexity index is 543. The summed E-state index contributed by atoms with van der Waals surface area (Å²) in [5.74, 6) is -0.206. The molecule has 1 N–H and O–H groups in total. The van der Waals surface area contributed by atoms with E-state index in [9.17, 15) is 4.39 Å². The van der Waals surface area contributed by atoms with Crippen LogP contribution in [0.5, 0.6) is 0 Å². The molecule has 0 atom stereocenters. The van der Waals surface area contributed by atoms with E-state index in [1.54, 1.807) is 30.3 Å². The van der Waals surface area contributed by atoms with Crippen molar-refractivity contribution in [1.82, 2.24) is 5.32 Å². The van der Waals surface area contributed by atoms with Gasteiger partial charge in [0.15, 0.2) is 0 Å². The standard InChI is InChI=1S/C14H12Cl2FN/c15-12-5-6-13(16)11(7-12)9-18-8-10-3-1-2-4-14(10)17/h1-7,18H,8-9H2. The molecule has 0 heterocycles. The first kappa shape index (κ1) is 13.3. The fourth-order valence-electron chi connectivity index (χ4n) is 1.65. The summed E-state index contributed by atoms with van der Waals surface area (Å²) < 4.78 is 13.4. The second-order valence-corrected chi connectivity index (χ2v) is 4.77. The van der Waals surface area contributed by atoms with Crippen molar-refractivity contribution < 1.29 is 4.39 Å². The van der Waals surface area contributed by atoms with Gasteiger partial charge < -0.3 is 5.32 Å². The molecule has 0 saturated carbocycles. The average Bonchev–Trinajstić information content (AvgIpc) is 2.36. The Morgan fingerprint density at radius 2 is 1.67 bits per heavy atom. The number of nitrogens with one attached hydrogen (secondary N) is 1. The highest BCUT2D eigenvalue weighted by molar-refractivity contribution is 6.33. The van der Waals surface area contributed by atoms with Crippen molar-refractivity contribution in [3.05, 3.63) is 69.5 Å². The van der Waals surface area contributed by atoms with E-state index in [-0.39, 0.29) is 5.82 Å². The zero-order chi connectivity index (χ0) is 13.0. The maximum Gasteiger partial charge on any atom is 0.127 e. The summed E-state index contributed by atoms with van der Waals surface area (Å²) >= 11 is 11.9. The summed E-state index contributed by atoms with van der Waals surface area (Å²) in [7, 11) is 0. The zero-order valence-corrected chi connectivity index (χ0v) is 11.1. The van der Waals surface area contributed by atoms with Crippen LogP contribution in [0.3, 0.4) is 0 Å². The van der Waals surface area contributed by atoms with Crippen LogP contribution in [0.4, 0.5) is 4.39 Å². The lowest BCUT2D eigenvalue weighted by atomic mass is 10.2. The third kappa shape index (κ3) is 3.45. The Morgan fingerprint density at radius 1 is 0.944 bits per heavy atom. The van der Waals surface area contributed by atoms with Crippen LogP contribution in [-0.4, -0.2) is 0 Å². The monoisotopic (exact) mass is 283 g/mol. The van der Waals surface area contributed by atoms with Gasteiger partial charge in [0.1, 0.15) is 5.82 Å². The Labute approximate surface area is 116 Å². The molecule has 94 valence electrons. The minimum Gasteiger partial charge on any atom is -0.308 e. The van der Waals surface area contributed by atoms with E-state index in [1.807, 2.05) is 6.07 Å². The van der Waals surface area contributed by atoms with Gasteiger partial charge in [0.2, 0.25) is 0 Å². The highest BCUT2D eigenvalue weighted by Crippen LogP contribution is 2.20. The Hall–Kier alpha value is -1.09. The largest absolute Gasteiger partial charge is 0.308 e. The molecule has 0 aliphatic heterocycles. The molecular formula is C14H12Cl2FN. The van der Waals surface area contributed by atoms with Crippen molar-refractivity contribution in [1.29, 1.82) is 0 Å². The van der Waals surface area contributed by atoms with Crippen LogP contribution >= 0.6 is 23.2 Å². The van der Waals surface area contributed by atoms with E-state index in [4.69, 9.17) is 23.2 Å². The Kier molecular flexibility index (Phi) is 4.59. The highest BCUT2D eigenvalue weighted by atomic mass is 35.5. The third-order valence-electron chi connectivity index (χ3n) is 2.60. The van der Waals surface area contributed by atoms with E-state index in [0.717, 1.165) is 5.56 Å². The molecule has 0 bridgehead atoms. The van der Waals surface area contributed by atoms with Crippen LogP contribution in [0.1, 0.15) is 11.1 Å². The maximum atomic E-state index is 13.4. The van der Waals surface area contributed by atoms with Crippen LogP contribution < -0.4 is 5.32 Å². The van der Waals surface area contributed by atoms with Crippen LogP contribution in [0.25, 0.3) is 0 Å². The van der Waals surface area contributed by atoms with Crippen LogP contribution in [0.15, 0.2) is 42.5 Å². The van der Waals surface area contributed by atoms with E-state index in [0.29, 0.717) is 28.7 Å². The molecule has 18 heavy (non-hydrogen) atoms. The number of hydrogen-bond donors (Lipinski definition) is 1. The molecule has 2 aromatic carbocycles. The molecule has 0 aromatic heterocycles. The first-order chi connectivity index (χ1) is 8.66. The van der Waals surface area contributed by atoms with Gasteiger partial charge in [0.05, 0.1) is 0 Å². The normalized spacial score (nSPS) is 10.6. The summed E-state index contributed by atoms with van der Waals surface area (Å²) in [5.41, 5.74) is 1.54. The molecule has 0 radical (unpaired) electrons. The van der Waals surface area contributed by atoms with Gasteiger partial charge in [0, 0.05) is 28.7 Å². The first-order valence-electron chi connectivity index (χ1n) is 5.55. The van der Waals surface area contributed by atoms with E-state index < -0.39 is 0 Å². The molecule has 2 rings (SSSR count). The van der Waals surface area contributed by atoms with Crippen molar-refractivity contribution in [2.75, 3.05) is 0 Å². The molecule has 0 aliphatic rings. The molecular weight excluding hydrogens is 272 g/mol. The molecule has 0 amide bonds. The van der Waals surface area contributed by atoms with Crippen LogP contribution in [-0.2, 0) is 13.1 Å². The predicted octanol–water partition coefficient (Wildman–Crippen LogP) is 4.42. The lowest BCUT2D eigenvalue weighted by Gasteiger charge is -2.08. The van der Waals surface area contributed by atoms with Gasteiger partial charge in [-0.25, -0.2) is 4.39 Å². The number of benzene rings is 2. The van der Waals surface area contributed by atoms with Crippen molar-refractivity contribution >= 4 is 23.2 Å². The SMILES string of the molecule is Fc1ccccc1CNCc1cc(Cl)ccc1Cl. The summed E-state index contributed by atoms with van der Waals surface area (Å²) in [6, 6.07) is 12.0. The molecule has 4 heteroatoms. The first-order valence-corrected chi connectivity index (χ1v) is 6.30. The molecule has 1 nitrogen and oxygen atoms in total. The minimum atomic E-state index is -0.206. The van der Waals surface area contributed by atoms with Gasteiger partial charge in [-0.3, -0.25) is 0 Å². The van der Waals surface area contributed by atoms with Gasteiger partial charge in [-0.15, -0.1) is 0 Å². The molecule has 2 aromatic rings. The summed E-state index contributed by atoms with van der Waals surface area (Å²) in [5, 5.41) is 4.44. The highest BCUT2D eigenvalue weighted by Gasteiger charge is 2.03. The van der Waals surface area contributed by atoms with E-state index >= 15 is 0 Å². The second-order valence-electron chi connectivity index (χ2n) is 3.93. The van der Waals surface area contributed by atoms with Crippen molar-refractivity contribution in [2.45, 2.75) is 13.1 Å². The molecule has 0 spiro atoms. The smallest absolute Gasteiger partial charge is 0.127 e. The molecule has 0 saturated heterocycles.